The van der Waals surface area contributed by atoms with Crippen LogP contribution in [0.3, 0.4) is 0 Å². The highest BCUT2D eigenvalue weighted by atomic mass is 16.3. The third kappa shape index (κ3) is 4.63. The molecule has 0 spiro atoms. The molecule has 0 saturated heterocycles. The zero-order valence-electron chi connectivity index (χ0n) is 8.92. The van der Waals surface area contributed by atoms with Gasteiger partial charge < -0.3 is 10.4 Å². The minimum absolute atomic E-state index is 0.157. The largest absolute Gasteiger partial charge is 0.393 e. The molecular weight excluding hydrogens is 162 g/mol. The van der Waals surface area contributed by atoms with Gasteiger partial charge in [-0.15, -0.1) is 0 Å². The van der Waals surface area contributed by atoms with Gasteiger partial charge in [-0.3, -0.25) is 0 Å². The number of aliphatic hydroxyl groups excluding tert-OH is 1. The monoisotopic (exact) mass is 185 g/mol. The van der Waals surface area contributed by atoms with E-state index in [4.69, 9.17) is 5.11 Å². The highest BCUT2D eigenvalue weighted by Crippen LogP contribution is 2.23. The Kier molecular flexibility index (Phi) is 4.74. The van der Waals surface area contributed by atoms with Gasteiger partial charge in [0.05, 0.1) is 6.10 Å². The van der Waals surface area contributed by atoms with Crippen LogP contribution in [0.1, 0.15) is 46.0 Å². The van der Waals surface area contributed by atoms with Crippen LogP contribution in [-0.2, 0) is 0 Å². The van der Waals surface area contributed by atoms with Crippen LogP contribution < -0.4 is 5.32 Å². The quantitative estimate of drug-likeness (QED) is 0.701. The molecule has 1 rings (SSSR count). The van der Waals surface area contributed by atoms with Crippen molar-refractivity contribution in [3.63, 3.8) is 0 Å². The summed E-state index contributed by atoms with van der Waals surface area (Å²) >= 11 is 0. The minimum atomic E-state index is -0.157. The summed E-state index contributed by atoms with van der Waals surface area (Å²) in [6, 6.07) is 0.718. The molecule has 0 heterocycles. The van der Waals surface area contributed by atoms with Crippen LogP contribution in [0, 0.1) is 5.92 Å². The lowest BCUT2D eigenvalue weighted by Crippen LogP contribution is -2.34. The molecule has 1 fully saturated rings. The van der Waals surface area contributed by atoms with Crippen LogP contribution in [0.4, 0.5) is 0 Å². The number of hydrogen-bond acceptors (Lipinski definition) is 2. The zero-order valence-corrected chi connectivity index (χ0v) is 8.92. The Morgan fingerprint density at radius 1 is 1.31 bits per heavy atom. The number of aliphatic hydroxyl groups is 1. The Morgan fingerprint density at radius 3 is 2.46 bits per heavy atom. The fraction of sp³-hybridized carbons (Fsp3) is 1.00. The van der Waals surface area contributed by atoms with Crippen molar-refractivity contribution in [3.8, 4) is 0 Å². The normalized spacial score (nSPS) is 31.6. The molecule has 78 valence electrons. The smallest absolute Gasteiger partial charge is 0.0524 e. The van der Waals surface area contributed by atoms with E-state index in [1.165, 1.54) is 25.7 Å². The van der Waals surface area contributed by atoms with Crippen LogP contribution in [0.2, 0.25) is 0 Å². The Hall–Kier alpha value is -0.0800. The zero-order chi connectivity index (χ0) is 9.68. The maximum absolute atomic E-state index is 9.08. The van der Waals surface area contributed by atoms with Gasteiger partial charge in [0.15, 0.2) is 0 Å². The molecule has 0 aromatic carbocycles. The molecule has 1 atom stereocenters. The lowest BCUT2D eigenvalue weighted by molar-refractivity contribution is 0.179. The average Bonchev–Trinajstić information content (AvgIpc) is 2.08. The van der Waals surface area contributed by atoms with E-state index in [9.17, 15) is 0 Å². The van der Waals surface area contributed by atoms with Gasteiger partial charge in [0.25, 0.3) is 0 Å². The Bertz CT molecular complexity index is 128. The van der Waals surface area contributed by atoms with Crippen LogP contribution in [0.25, 0.3) is 0 Å². The summed E-state index contributed by atoms with van der Waals surface area (Å²) in [5, 5.41) is 12.6. The predicted octanol–water partition coefficient (Wildman–Crippen LogP) is 1.93. The first kappa shape index (κ1) is 11.0. The van der Waals surface area contributed by atoms with Gasteiger partial charge in [0.1, 0.15) is 0 Å². The third-order valence-electron chi connectivity index (χ3n) is 3.01. The van der Waals surface area contributed by atoms with E-state index in [1.807, 2.05) is 6.92 Å². The summed E-state index contributed by atoms with van der Waals surface area (Å²) < 4.78 is 0. The summed E-state index contributed by atoms with van der Waals surface area (Å²) in [5.41, 5.74) is 0. The summed E-state index contributed by atoms with van der Waals surface area (Å²) in [4.78, 5) is 0. The van der Waals surface area contributed by atoms with Gasteiger partial charge in [0, 0.05) is 6.04 Å². The van der Waals surface area contributed by atoms with Gasteiger partial charge in [0.2, 0.25) is 0 Å². The summed E-state index contributed by atoms with van der Waals surface area (Å²) in [6.07, 6.45) is 6.10. The Balaban J connectivity index is 2.02. The van der Waals surface area contributed by atoms with Crippen LogP contribution in [0.5, 0.6) is 0 Å². The van der Waals surface area contributed by atoms with Crippen molar-refractivity contribution in [1.82, 2.24) is 5.32 Å². The average molecular weight is 185 g/mol. The third-order valence-corrected chi connectivity index (χ3v) is 3.01. The molecule has 1 aliphatic carbocycles. The molecule has 0 aromatic rings. The lowest BCUT2D eigenvalue weighted by atomic mass is 9.87. The van der Waals surface area contributed by atoms with E-state index in [1.54, 1.807) is 0 Å². The topological polar surface area (TPSA) is 32.3 Å². The van der Waals surface area contributed by atoms with Crippen LogP contribution in [0.15, 0.2) is 0 Å². The van der Waals surface area contributed by atoms with Crippen LogP contribution in [-0.4, -0.2) is 23.8 Å². The van der Waals surface area contributed by atoms with E-state index < -0.39 is 0 Å². The molecule has 0 amide bonds. The molecule has 13 heavy (non-hydrogen) atoms. The summed E-state index contributed by atoms with van der Waals surface area (Å²) in [6.45, 7) is 5.16. The van der Waals surface area contributed by atoms with Crippen molar-refractivity contribution in [1.29, 1.82) is 0 Å². The number of hydrogen-bond donors (Lipinski definition) is 2. The molecule has 2 heteroatoms. The van der Waals surface area contributed by atoms with E-state index in [0.29, 0.717) is 0 Å². The molecule has 0 aliphatic heterocycles. The Morgan fingerprint density at radius 2 is 1.92 bits per heavy atom. The van der Waals surface area contributed by atoms with E-state index >= 15 is 0 Å². The summed E-state index contributed by atoms with van der Waals surface area (Å²) in [5.74, 6) is 0.926. The molecule has 0 bridgehead atoms. The van der Waals surface area contributed by atoms with Gasteiger partial charge in [-0.2, -0.15) is 0 Å². The van der Waals surface area contributed by atoms with Crippen molar-refractivity contribution < 1.29 is 5.11 Å². The SMILES string of the molecule is CC1CCC(NCC[C@H](C)O)CC1. The van der Waals surface area contributed by atoms with Crippen molar-refractivity contribution in [3.05, 3.63) is 0 Å². The molecular formula is C11H23NO. The Labute approximate surface area is 81.7 Å². The van der Waals surface area contributed by atoms with Crippen molar-refractivity contribution in [2.75, 3.05) is 6.54 Å². The molecule has 0 aromatic heterocycles. The summed E-state index contributed by atoms with van der Waals surface area (Å²) in [7, 11) is 0. The van der Waals surface area contributed by atoms with Crippen molar-refractivity contribution in [2.24, 2.45) is 5.92 Å². The van der Waals surface area contributed by atoms with Crippen molar-refractivity contribution >= 4 is 0 Å². The molecule has 0 radical (unpaired) electrons. The van der Waals surface area contributed by atoms with E-state index in [0.717, 1.165) is 24.9 Å². The fourth-order valence-corrected chi connectivity index (χ4v) is 1.96. The number of nitrogens with one attached hydrogen (secondary N) is 1. The first-order valence-electron chi connectivity index (χ1n) is 5.60. The molecule has 1 aliphatic rings. The number of rotatable bonds is 4. The lowest BCUT2D eigenvalue weighted by Gasteiger charge is -2.27. The van der Waals surface area contributed by atoms with Gasteiger partial charge >= 0.3 is 0 Å². The highest BCUT2D eigenvalue weighted by molar-refractivity contribution is 4.75. The molecule has 2 nitrogen and oxygen atoms in total. The van der Waals surface area contributed by atoms with Gasteiger partial charge in [-0.05, 0) is 51.5 Å². The molecule has 0 unspecified atom stereocenters. The molecule has 2 N–H and O–H groups in total. The first-order valence-corrected chi connectivity index (χ1v) is 5.60. The fourth-order valence-electron chi connectivity index (χ4n) is 1.96. The minimum Gasteiger partial charge on any atom is -0.393 e. The first-order chi connectivity index (χ1) is 6.18. The van der Waals surface area contributed by atoms with Gasteiger partial charge in [-0.1, -0.05) is 6.92 Å². The van der Waals surface area contributed by atoms with E-state index in [-0.39, 0.29) is 6.10 Å². The van der Waals surface area contributed by atoms with E-state index in [2.05, 4.69) is 12.2 Å². The maximum atomic E-state index is 9.08. The standard InChI is InChI=1S/C11H23NO/c1-9-3-5-11(6-4-9)12-8-7-10(2)13/h9-13H,3-8H2,1-2H3/t9?,10-,11?/m0/s1. The molecule has 1 saturated carbocycles. The van der Waals surface area contributed by atoms with Crippen molar-refractivity contribution in [2.45, 2.75) is 58.1 Å². The van der Waals surface area contributed by atoms with Gasteiger partial charge in [-0.25, -0.2) is 0 Å². The second-order valence-electron chi connectivity index (χ2n) is 4.55. The predicted molar refractivity (Wildman–Crippen MR) is 55.7 cm³/mol. The second kappa shape index (κ2) is 5.61. The van der Waals surface area contributed by atoms with Crippen LogP contribution >= 0.6 is 0 Å². The highest BCUT2D eigenvalue weighted by Gasteiger charge is 2.17. The second-order valence-corrected chi connectivity index (χ2v) is 4.55. The maximum Gasteiger partial charge on any atom is 0.0524 e.